The molecule has 1 amide bonds. The van der Waals surface area contributed by atoms with Gasteiger partial charge in [-0.3, -0.25) is 4.79 Å². The third-order valence-corrected chi connectivity index (χ3v) is 5.53. The number of nitrogens with zero attached hydrogens (tertiary/aromatic N) is 1. The van der Waals surface area contributed by atoms with Gasteiger partial charge in [0.05, 0.1) is 13.4 Å². The SMILES string of the molecule is COc1c(/C(C)=C/C(=O)Nc2cc(C)on2)cc2c(-c3cccc(Br)c3)coc2c1C. The highest BCUT2D eigenvalue weighted by molar-refractivity contribution is 9.10. The fraction of sp³-hybridized carbons (Fsp3) is 0.167. The highest BCUT2D eigenvalue weighted by atomic mass is 79.9. The average Bonchev–Trinajstić information content (AvgIpc) is 3.33. The first-order chi connectivity index (χ1) is 14.9. The Morgan fingerprint density at radius 3 is 2.71 bits per heavy atom. The molecule has 0 saturated carbocycles. The van der Waals surface area contributed by atoms with Crippen molar-refractivity contribution in [1.82, 2.24) is 5.16 Å². The van der Waals surface area contributed by atoms with Gasteiger partial charge in [-0.25, -0.2) is 0 Å². The zero-order chi connectivity index (χ0) is 22.1. The van der Waals surface area contributed by atoms with E-state index in [0.717, 1.165) is 43.3 Å². The molecule has 4 rings (SSSR count). The minimum atomic E-state index is -0.301. The Morgan fingerprint density at radius 2 is 2.03 bits per heavy atom. The van der Waals surface area contributed by atoms with E-state index in [1.807, 2.05) is 44.2 Å². The quantitative estimate of drug-likeness (QED) is 0.329. The lowest BCUT2D eigenvalue weighted by atomic mass is 9.96. The van der Waals surface area contributed by atoms with E-state index in [-0.39, 0.29) is 5.91 Å². The zero-order valence-corrected chi connectivity index (χ0v) is 19.2. The molecule has 2 heterocycles. The number of carbonyl (C=O) groups is 1. The number of fused-ring (bicyclic) bond motifs is 1. The molecule has 6 nitrogen and oxygen atoms in total. The van der Waals surface area contributed by atoms with Gasteiger partial charge in [-0.2, -0.15) is 0 Å². The number of aryl methyl sites for hydroxylation is 2. The van der Waals surface area contributed by atoms with E-state index in [4.69, 9.17) is 13.7 Å². The number of methoxy groups -OCH3 is 1. The molecule has 4 aromatic rings. The number of furan rings is 1. The second kappa shape index (κ2) is 8.43. The third-order valence-electron chi connectivity index (χ3n) is 5.04. The molecular formula is C24H21BrN2O4. The van der Waals surface area contributed by atoms with Gasteiger partial charge in [0.25, 0.3) is 0 Å². The van der Waals surface area contributed by atoms with Crippen molar-refractivity contribution in [2.45, 2.75) is 20.8 Å². The van der Waals surface area contributed by atoms with Crippen LogP contribution in [0.3, 0.4) is 0 Å². The van der Waals surface area contributed by atoms with Gasteiger partial charge in [-0.1, -0.05) is 33.2 Å². The Bertz CT molecular complexity index is 1320. The van der Waals surface area contributed by atoms with E-state index in [1.165, 1.54) is 6.08 Å². The summed E-state index contributed by atoms with van der Waals surface area (Å²) in [5.74, 6) is 1.36. The highest BCUT2D eigenvalue weighted by Gasteiger charge is 2.19. The Morgan fingerprint density at radius 1 is 1.23 bits per heavy atom. The number of benzene rings is 2. The van der Waals surface area contributed by atoms with Gasteiger partial charge >= 0.3 is 0 Å². The molecule has 158 valence electrons. The second-order valence-corrected chi connectivity index (χ2v) is 8.17. The minimum Gasteiger partial charge on any atom is -0.496 e. The summed E-state index contributed by atoms with van der Waals surface area (Å²) in [6.07, 6.45) is 3.27. The standard InChI is InChI=1S/C24H21BrN2O4/c1-13(8-22(28)26-21-9-14(2)31-27-21)18-11-19-20(16-6-5-7-17(25)10-16)12-30-24(19)15(3)23(18)29-4/h5-12H,1-4H3,(H,26,27,28)/b13-8+. The number of carbonyl (C=O) groups excluding carboxylic acids is 1. The molecule has 0 aliphatic rings. The average molecular weight is 481 g/mol. The first kappa shape index (κ1) is 20.9. The number of allylic oxidation sites excluding steroid dienone is 1. The lowest BCUT2D eigenvalue weighted by Gasteiger charge is -2.13. The van der Waals surface area contributed by atoms with E-state index < -0.39 is 0 Å². The van der Waals surface area contributed by atoms with Crippen LogP contribution in [0.25, 0.3) is 27.7 Å². The van der Waals surface area contributed by atoms with Gasteiger partial charge < -0.3 is 19.0 Å². The highest BCUT2D eigenvalue weighted by Crippen LogP contribution is 2.40. The van der Waals surface area contributed by atoms with Crippen LogP contribution in [0.2, 0.25) is 0 Å². The van der Waals surface area contributed by atoms with Gasteiger partial charge in [0, 0.05) is 38.7 Å². The van der Waals surface area contributed by atoms with Crippen molar-refractivity contribution in [3.63, 3.8) is 0 Å². The maximum absolute atomic E-state index is 12.5. The van der Waals surface area contributed by atoms with Crippen LogP contribution in [0, 0.1) is 13.8 Å². The topological polar surface area (TPSA) is 77.5 Å². The Balaban J connectivity index is 1.79. The smallest absolute Gasteiger partial charge is 0.249 e. The number of amides is 1. The van der Waals surface area contributed by atoms with E-state index in [1.54, 1.807) is 26.4 Å². The lowest BCUT2D eigenvalue weighted by molar-refractivity contribution is -0.111. The fourth-order valence-corrected chi connectivity index (χ4v) is 4.01. The maximum Gasteiger partial charge on any atom is 0.249 e. The normalized spacial score (nSPS) is 11.7. The second-order valence-electron chi connectivity index (χ2n) is 7.26. The summed E-state index contributed by atoms with van der Waals surface area (Å²) in [5.41, 5.74) is 5.20. The van der Waals surface area contributed by atoms with Crippen molar-refractivity contribution in [2.24, 2.45) is 0 Å². The van der Waals surface area contributed by atoms with Crippen LogP contribution in [0.4, 0.5) is 5.82 Å². The molecule has 0 bridgehead atoms. The third kappa shape index (κ3) is 4.14. The molecule has 0 fully saturated rings. The summed E-state index contributed by atoms with van der Waals surface area (Å²) in [7, 11) is 1.61. The van der Waals surface area contributed by atoms with Crippen molar-refractivity contribution in [3.8, 4) is 16.9 Å². The number of hydrogen-bond acceptors (Lipinski definition) is 5. The number of nitrogens with one attached hydrogen (secondary N) is 1. The molecule has 1 N–H and O–H groups in total. The zero-order valence-electron chi connectivity index (χ0n) is 17.6. The van der Waals surface area contributed by atoms with Crippen molar-refractivity contribution < 1.29 is 18.5 Å². The fourth-order valence-electron chi connectivity index (χ4n) is 3.61. The van der Waals surface area contributed by atoms with Crippen LogP contribution >= 0.6 is 15.9 Å². The molecule has 7 heteroatoms. The first-order valence-electron chi connectivity index (χ1n) is 9.65. The molecule has 0 radical (unpaired) electrons. The van der Waals surface area contributed by atoms with E-state index in [9.17, 15) is 4.79 Å². The monoisotopic (exact) mass is 480 g/mol. The summed E-state index contributed by atoms with van der Waals surface area (Å²) in [6, 6.07) is 11.7. The molecule has 0 aliphatic heterocycles. The minimum absolute atomic E-state index is 0.301. The van der Waals surface area contributed by atoms with Crippen molar-refractivity contribution >= 4 is 44.2 Å². The molecule has 31 heavy (non-hydrogen) atoms. The van der Waals surface area contributed by atoms with E-state index >= 15 is 0 Å². The summed E-state index contributed by atoms with van der Waals surface area (Å²) >= 11 is 3.53. The summed E-state index contributed by atoms with van der Waals surface area (Å²) in [4.78, 5) is 12.5. The largest absolute Gasteiger partial charge is 0.496 e. The van der Waals surface area contributed by atoms with E-state index in [2.05, 4.69) is 26.4 Å². The predicted molar refractivity (Wildman–Crippen MR) is 124 cm³/mol. The van der Waals surface area contributed by atoms with Crippen LogP contribution in [0.5, 0.6) is 5.75 Å². The van der Waals surface area contributed by atoms with Crippen LogP contribution in [0.15, 0.2) is 62.2 Å². The van der Waals surface area contributed by atoms with Crippen molar-refractivity contribution in [2.75, 3.05) is 12.4 Å². The van der Waals surface area contributed by atoms with Gasteiger partial charge in [0.1, 0.15) is 17.1 Å². The molecule has 0 aliphatic carbocycles. The maximum atomic E-state index is 12.5. The van der Waals surface area contributed by atoms with Crippen molar-refractivity contribution in [3.05, 3.63) is 70.1 Å². The molecule has 2 aromatic heterocycles. The molecular weight excluding hydrogens is 460 g/mol. The first-order valence-corrected chi connectivity index (χ1v) is 10.4. The molecule has 0 spiro atoms. The van der Waals surface area contributed by atoms with Crippen molar-refractivity contribution in [1.29, 1.82) is 0 Å². The number of rotatable bonds is 5. The number of aromatic nitrogens is 1. The lowest BCUT2D eigenvalue weighted by Crippen LogP contribution is -2.09. The molecule has 0 saturated heterocycles. The van der Waals surface area contributed by atoms with Crippen LogP contribution in [0.1, 0.15) is 23.8 Å². The molecule has 2 aromatic carbocycles. The number of halogens is 1. The predicted octanol–water partition coefficient (Wildman–Crippen LogP) is 6.52. The number of hydrogen-bond donors (Lipinski definition) is 1. The Labute approximate surface area is 188 Å². The molecule has 0 unspecified atom stereocenters. The molecule has 0 atom stereocenters. The van der Waals surface area contributed by atoms with Crippen LogP contribution in [-0.4, -0.2) is 18.2 Å². The summed E-state index contributed by atoms with van der Waals surface area (Å²) < 4.78 is 17.6. The van der Waals surface area contributed by atoms with Gasteiger partial charge in [0.15, 0.2) is 5.82 Å². The van der Waals surface area contributed by atoms with E-state index in [0.29, 0.717) is 17.3 Å². The number of anilines is 1. The van der Waals surface area contributed by atoms with Gasteiger partial charge in [0.2, 0.25) is 5.91 Å². The Kier molecular flexibility index (Phi) is 5.69. The number of ether oxygens (including phenoxy) is 1. The van der Waals surface area contributed by atoms with Crippen LogP contribution in [-0.2, 0) is 4.79 Å². The van der Waals surface area contributed by atoms with Gasteiger partial charge in [-0.15, -0.1) is 0 Å². The van der Waals surface area contributed by atoms with Crippen LogP contribution < -0.4 is 10.1 Å². The Hall–Kier alpha value is -3.32. The van der Waals surface area contributed by atoms with Gasteiger partial charge in [-0.05, 0) is 50.1 Å². The summed E-state index contributed by atoms with van der Waals surface area (Å²) in [6.45, 7) is 5.58. The summed E-state index contributed by atoms with van der Waals surface area (Å²) in [5, 5.41) is 7.45.